The molecule has 0 spiro atoms. The van der Waals surface area contributed by atoms with E-state index in [0.717, 1.165) is 21.8 Å². The van der Waals surface area contributed by atoms with Gasteiger partial charge in [-0.15, -0.1) is 11.3 Å². The molecule has 0 aliphatic carbocycles. The number of carbonyl (C=O) groups excluding carboxylic acids is 1. The summed E-state index contributed by atoms with van der Waals surface area (Å²) in [6.07, 6.45) is 0. The third-order valence-corrected chi connectivity index (χ3v) is 4.22. The molecule has 1 aromatic carbocycles. The number of nitrogens with zero attached hydrogens (tertiary/aromatic N) is 2. The van der Waals surface area contributed by atoms with Crippen molar-refractivity contribution in [3.8, 4) is 0 Å². The van der Waals surface area contributed by atoms with E-state index in [-0.39, 0.29) is 11.9 Å². The second-order valence-electron chi connectivity index (χ2n) is 5.62. The topological polar surface area (TPSA) is 42.4 Å². The first-order valence-corrected chi connectivity index (χ1v) is 8.16. The molecule has 2 aromatic rings. The van der Waals surface area contributed by atoms with Crippen molar-refractivity contribution in [3.63, 3.8) is 0 Å². The molecule has 0 saturated heterocycles. The smallest absolute Gasteiger partial charge is 0.277 e. The predicted octanol–water partition coefficient (Wildman–Crippen LogP) is 3.96. The van der Waals surface area contributed by atoms with Gasteiger partial charge >= 0.3 is 0 Å². The van der Waals surface area contributed by atoms with Crippen molar-refractivity contribution in [2.45, 2.75) is 40.3 Å². The van der Waals surface area contributed by atoms with E-state index in [1.54, 1.807) is 12.5 Å². The van der Waals surface area contributed by atoms with Gasteiger partial charge in [-0.2, -0.15) is 0 Å². The second kappa shape index (κ2) is 7.03. The van der Waals surface area contributed by atoms with Crippen molar-refractivity contribution in [2.75, 3.05) is 12.0 Å². The number of hydrogen-bond donors (Lipinski definition) is 0. The van der Waals surface area contributed by atoms with Crippen LogP contribution in [-0.4, -0.2) is 24.0 Å². The zero-order valence-corrected chi connectivity index (χ0v) is 14.5. The molecule has 118 valence electrons. The lowest BCUT2D eigenvalue weighted by Gasteiger charge is -2.28. The molecule has 4 nitrogen and oxygen atoms in total. The van der Waals surface area contributed by atoms with Crippen LogP contribution in [0.4, 0.5) is 5.69 Å². The average molecular weight is 318 g/mol. The van der Waals surface area contributed by atoms with Gasteiger partial charge in [0.05, 0.1) is 6.61 Å². The van der Waals surface area contributed by atoms with Gasteiger partial charge in [-0.1, -0.05) is 12.1 Å². The number of rotatable bonds is 5. The lowest BCUT2D eigenvalue weighted by atomic mass is 10.1. The molecule has 0 fully saturated rings. The van der Waals surface area contributed by atoms with Crippen LogP contribution in [0.1, 0.15) is 40.5 Å². The molecule has 0 aliphatic heterocycles. The first-order valence-electron chi connectivity index (χ1n) is 7.28. The van der Waals surface area contributed by atoms with Crippen molar-refractivity contribution < 1.29 is 9.53 Å². The Morgan fingerprint density at radius 2 is 2.09 bits per heavy atom. The van der Waals surface area contributed by atoms with Crippen LogP contribution in [0.5, 0.6) is 0 Å². The fraction of sp³-hybridized carbons (Fsp3) is 0.412. The fourth-order valence-electron chi connectivity index (χ4n) is 2.32. The Morgan fingerprint density at radius 3 is 2.73 bits per heavy atom. The normalized spacial score (nSPS) is 11.0. The molecule has 5 heteroatoms. The summed E-state index contributed by atoms with van der Waals surface area (Å²) in [5.74, 6) is -0.0673. The zero-order valence-electron chi connectivity index (χ0n) is 13.7. The Hall–Kier alpha value is -1.72. The molecular formula is C17H22N2O2S. The van der Waals surface area contributed by atoms with Gasteiger partial charge in [0, 0.05) is 24.2 Å². The number of aryl methyl sites for hydroxylation is 2. The lowest BCUT2D eigenvalue weighted by molar-refractivity contribution is 0.0975. The number of aromatic nitrogens is 1. The number of carbonyl (C=O) groups is 1. The Kier molecular flexibility index (Phi) is 5.32. The quantitative estimate of drug-likeness (QED) is 0.838. The van der Waals surface area contributed by atoms with E-state index < -0.39 is 0 Å². The highest BCUT2D eigenvalue weighted by molar-refractivity contribution is 7.09. The monoisotopic (exact) mass is 318 g/mol. The summed E-state index contributed by atoms with van der Waals surface area (Å²) in [5.41, 5.74) is 3.64. The number of benzene rings is 1. The van der Waals surface area contributed by atoms with Crippen LogP contribution in [-0.2, 0) is 11.3 Å². The minimum Gasteiger partial charge on any atom is -0.378 e. The lowest BCUT2D eigenvalue weighted by Crippen LogP contribution is -2.37. The van der Waals surface area contributed by atoms with Gasteiger partial charge in [0.15, 0.2) is 0 Å². The molecule has 0 bridgehead atoms. The maximum Gasteiger partial charge on any atom is 0.277 e. The molecule has 0 N–H and O–H groups in total. The summed E-state index contributed by atoms with van der Waals surface area (Å²) in [6.45, 7) is 8.52. The van der Waals surface area contributed by atoms with Gasteiger partial charge < -0.3 is 9.64 Å². The maximum absolute atomic E-state index is 12.9. The third kappa shape index (κ3) is 3.54. The van der Waals surface area contributed by atoms with Crippen LogP contribution in [0.3, 0.4) is 0 Å². The van der Waals surface area contributed by atoms with Gasteiger partial charge in [0.2, 0.25) is 0 Å². The van der Waals surface area contributed by atoms with E-state index in [1.165, 1.54) is 11.3 Å². The van der Waals surface area contributed by atoms with Crippen molar-refractivity contribution in [3.05, 3.63) is 45.4 Å². The molecule has 0 saturated carbocycles. The number of anilines is 1. The van der Waals surface area contributed by atoms with Crippen LogP contribution < -0.4 is 4.90 Å². The molecule has 0 atom stereocenters. The summed E-state index contributed by atoms with van der Waals surface area (Å²) >= 11 is 1.45. The molecule has 2 rings (SSSR count). The van der Waals surface area contributed by atoms with Crippen LogP contribution in [0, 0.1) is 13.8 Å². The van der Waals surface area contributed by atoms with E-state index >= 15 is 0 Å². The maximum atomic E-state index is 12.9. The third-order valence-electron chi connectivity index (χ3n) is 3.40. The van der Waals surface area contributed by atoms with Crippen molar-refractivity contribution in [2.24, 2.45) is 0 Å². The van der Waals surface area contributed by atoms with Gasteiger partial charge in [0.25, 0.3) is 5.91 Å². The Balaban J connectivity index is 2.38. The van der Waals surface area contributed by atoms with Crippen molar-refractivity contribution in [1.82, 2.24) is 4.98 Å². The number of ether oxygens (including phenoxy) is 1. The average Bonchev–Trinajstić information content (AvgIpc) is 2.91. The fourth-order valence-corrected chi connectivity index (χ4v) is 3.06. The van der Waals surface area contributed by atoms with Crippen LogP contribution in [0.25, 0.3) is 0 Å². The van der Waals surface area contributed by atoms with E-state index in [9.17, 15) is 4.79 Å². The first kappa shape index (κ1) is 16.6. The Bertz CT molecular complexity index is 664. The molecule has 22 heavy (non-hydrogen) atoms. The van der Waals surface area contributed by atoms with Crippen LogP contribution in [0.2, 0.25) is 0 Å². The predicted molar refractivity (Wildman–Crippen MR) is 90.7 cm³/mol. The minimum absolute atomic E-state index is 0.0561. The summed E-state index contributed by atoms with van der Waals surface area (Å²) < 4.78 is 5.07. The Labute approximate surface area is 135 Å². The molecule has 1 heterocycles. The second-order valence-corrected chi connectivity index (χ2v) is 6.56. The van der Waals surface area contributed by atoms with E-state index in [4.69, 9.17) is 4.74 Å². The minimum atomic E-state index is -0.0673. The Morgan fingerprint density at radius 1 is 1.36 bits per heavy atom. The summed E-state index contributed by atoms with van der Waals surface area (Å²) in [5, 5.41) is 2.62. The van der Waals surface area contributed by atoms with Gasteiger partial charge in [0.1, 0.15) is 10.7 Å². The summed E-state index contributed by atoms with van der Waals surface area (Å²) in [4.78, 5) is 19.1. The van der Waals surface area contributed by atoms with Crippen LogP contribution >= 0.6 is 11.3 Å². The van der Waals surface area contributed by atoms with Crippen molar-refractivity contribution in [1.29, 1.82) is 0 Å². The van der Waals surface area contributed by atoms with E-state index in [2.05, 4.69) is 17.1 Å². The molecule has 0 unspecified atom stereocenters. The standard InChI is InChI=1S/C17H22N2O2S/c1-11(2)19(15-8-12(3)6-7-13(15)4)17(20)14-10-22-16(18-14)9-21-5/h6-8,10-11H,9H2,1-5H3. The van der Waals surface area contributed by atoms with E-state index in [1.807, 2.05) is 38.7 Å². The molecule has 0 radical (unpaired) electrons. The van der Waals surface area contributed by atoms with Gasteiger partial charge in [-0.05, 0) is 44.9 Å². The van der Waals surface area contributed by atoms with Gasteiger partial charge in [-0.25, -0.2) is 4.98 Å². The summed E-state index contributed by atoms with van der Waals surface area (Å²) in [6, 6.07) is 6.21. The number of amides is 1. The zero-order chi connectivity index (χ0) is 16.3. The number of thiazole rings is 1. The highest BCUT2D eigenvalue weighted by atomic mass is 32.1. The highest BCUT2D eigenvalue weighted by Gasteiger charge is 2.24. The van der Waals surface area contributed by atoms with E-state index in [0.29, 0.717) is 12.3 Å². The van der Waals surface area contributed by atoms with Crippen molar-refractivity contribution >= 4 is 22.9 Å². The summed E-state index contributed by atoms with van der Waals surface area (Å²) in [7, 11) is 1.62. The molecule has 1 aromatic heterocycles. The SMILES string of the molecule is COCc1nc(C(=O)N(c2cc(C)ccc2C)C(C)C)cs1. The first-order chi connectivity index (χ1) is 10.4. The number of hydrogen-bond acceptors (Lipinski definition) is 4. The van der Waals surface area contributed by atoms with Gasteiger partial charge in [-0.3, -0.25) is 4.79 Å². The molecular weight excluding hydrogens is 296 g/mol. The number of methoxy groups -OCH3 is 1. The largest absolute Gasteiger partial charge is 0.378 e. The highest BCUT2D eigenvalue weighted by Crippen LogP contribution is 2.26. The van der Waals surface area contributed by atoms with Crippen LogP contribution in [0.15, 0.2) is 23.6 Å². The molecule has 1 amide bonds. The molecule has 0 aliphatic rings.